The number of carboxylic acid groups (broad SMARTS) is 1. The van der Waals surface area contributed by atoms with Gasteiger partial charge in [0.25, 0.3) is 0 Å². The lowest BCUT2D eigenvalue weighted by atomic mass is 9.98. The van der Waals surface area contributed by atoms with Gasteiger partial charge in [-0.05, 0) is 34.7 Å². The van der Waals surface area contributed by atoms with Crippen molar-refractivity contribution in [1.29, 1.82) is 0 Å². The van der Waals surface area contributed by atoms with Crippen molar-refractivity contribution in [3.05, 3.63) is 26.8 Å². The fraction of sp³-hybridized carbons (Fsp3) is 0.300. The van der Waals surface area contributed by atoms with Crippen LogP contribution in [-0.2, 0) is 0 Å². The standard InChI is InChI=1S/C10H10INO3/c11-6-2-1-5(10(13)14)9-8(6)7(12)3-4-15-9/h1-2,7H,3-4,12H2,(H,13,14)/t7-/m0/s1. The minimum Gasteiger partial charge on any atom is -0.492 e. The molecule has 0 saturated carbocycles. The van der Waals surface area contributed by atoms with Crippen molar-refractivity contribution < 1.29 is 14.6 Å². The van der Waals surface area contributed by atoms with Gasteiger partial charge in [-0.1, -0.05) is 0 Å². The molecule has 3 N–H and O–H groups in total. The maximum atomic E-state index is 11.0. The van der Waals surface area contributed by atoms with Gasteiger partial charge in [-0.2, -0.15) is 0 Å². The molecule has 2 rings (SSSR count). The van der Waals surface area contributed by atoms with Crippen LogP contribution >= 0.6 is 22.6 Å². The first-order valence-corrected chi connectivity index (χ1v) is 5.63. The normalized spacial score (nSPS) is 19.2. The monoisotopic (exact) mass is 319 g/mol. The molecular weight excluding hydrogens is 309 g/mol. The average molecular weight is 319 g/mol. The number of hydrogen-bond donors (Lipinski definition) is 2. The second kappa shape index (κ2) is 3.97. The number of carbonyl (C=O) groups is 1. The van der Waals surface area contributed by atoms with Gasteiger partial charge >= 0.3 is 5.97 Å². The van der Waals surface area contributed by atoms with Gasteiger partial charge in [0.1, 0.15) is 11.3 Å². The van der Waals surface area contributed by atoms with Gasteiger partial charge < -0.3 is 15.6 Å². The van der Waals surface area contributed by atoms with Crippen molar-refractivity contribution in [3.63, 3.8) is 0 Å². The molecule has 0 bridgehead atoms. The molecular formula is C10H10INO3. The van der Waals surface area contributed by atoms with E-state index in [1.54, 1.807) is 12.1 Å². The van der Waals surface area contributed by atoms with E-state index in [4.69, 9.17) is 15.6 Å². The lowest BCUT2D eigenvalue weighted by Crippen LogP contribution is -2.23. The summed E-state index contributed by atoms with van der Waals surface area (Å²) < 4.78 is 6.36. The maximum Gasteiger partial charge on any atom is 0.339 e. The lowest BCUT2D eigenvalue weighted by Gasteiger charge is -2.25. The van der Waals surface area contributed by atoms with E-state index >= 15 is 0 Å². The van der Waals surface area contributed by atoms with Gasteiger partial charge in [0, 0.05) is 21.6 Å². The van der Waals surface area contributed by atoms with E-state index < -0.39 is 5.97 Å². The van der Waals surface area contributed by atoms with Crippen LogP contribution in [0.2, 0.25) is 0 Å². The van der Waals surface area contributed by atoms with Gasteiger partial charge in [0.15, 0.2) is 0 Å². The zero-order chi connectivity index (χ0) is 11.0. The summed E-state index contributed by atoms with van der Waals surface area (Å²) >= 11 is 2.15. The number of benzene rings is 1. The summed E-state index contributed by atoms with van der Waals surface area (Å²) in [4.78, 5) is 11.0. The zero-order valence-electron chi connectivity index (χ0n) is 7.87. The van der Waals surface area contributed by atoms with Gasteiger partial charge in [0.2, 0.25) is 0 Å². The number of aromatic carboxylic acids is 1. The molecule has 1 aromatic rings. The number of nitrogens with two attached hydrogens (primary N) is 1. The second-order valence-electron chi connectivity index (χ2n) is 3.39. The number of ether oxygens (including phenoxy) is 1. The van der Waals surface area contributed by atoms with Crippen molar-refractivity contribution in [2.24, 2.45) is 5.73 Å². The maximum absolute atomic E-state index is 11.0. The summed E-state index contributed by atoms with van der Waals surface area (Å²) in [6.45, 7) is 0.481. The molecule has 0 fully saturated rings. The predicted molar refractivity (Wildman–Crippen MR) is 63.2 cm³/mol. The molecule has 1 heterocycles. The topological polar surface area (TPSA) is 72.5 Å². The molecule has 0 radical (unpaired) electrons. The van der Waals surface area contributed by atoms with Crippen molar-refractivity contribution in [2.45, 2.75) is 12.5 Å². The summed E-state index contributed by atoms with van der Waals surface area (Å²) in [6, 6.07) is 3.19. The molecule has 1 atom stereocenters. The fourth-order valence-electron chi connectivity index (χ4n) is 1.68. The van der Waals surface area contributed by atoms with E-state index in [0.717, 1.165) is 15.6 Å². The zero-order valence-corrected chi connectivity index (χ0v) is 10.0. The summed E-state index contributed by atoms with van der Waals surface area (Å²) in [5.41, 5.74) is 6.95. The van der Waals surface area contributed by atoms with Crippen LogP contribution in [0, 0.1) is 3.57 Å². The Labute approximate surface area is 101 Å². The quantitative estimate of drug-likeness (QED) is 0.774. The molecule has 0 aliphatic carbocycles. The van der Waals surface area contributed by atoms with Gasteiger partial charge in [-0.3, -0.25) is 0 Å². The summed E-state index contributed by atoms with van der Waals surface area (Å²) in [5, 5.41) is 8.99. The fourth-order valence-corrected chi connectivity index (χ4v) is 2.50. The second-order valence-corrected chi connectivity index (χ2v) is 4.55. The first-order valence-electron chi connectivity index (χ1n) is 4.55. The Morgan fingerprint density at radius 3 is 3.00 bits per heavy atom. The van der Waals surface area contributed by atoms with Crippen LogP contribution in [0.15, 0.2) is 12.1 Å². The van der Waals surface area contributed by atoms with Crippen LogP contribution in [0.1, 0.15) is 28.4 Å². The number of hydrogen-bond acceptors (Lipinski definition) is 3. The van der Waals surface area contributed by atoms with Crippen LogP contribution < -0.4 is 10.5 Å². The summed E-state index contributed by atoms with van der Waals surface area (Å²) in [6.07, 6.45) is 0.728. The molecule has 15 heavy (non-hydrogen) atoms. The third kappa shape index (κ3) is 1.81. The Bertz CT molecular complexity index is 419. The van der Waals surface area contributed by atoms with Crippen LogP contribution in [-0.4, -0.2) is 17.7 Å². The van der Waals surface area contributed by atoms with Gasteiger partial charge in [-0.15, -0.1) is 0 Å². The largest absolute Gasteiger partial charge is 0.492 e. The van der Waals surface area contributed by atoms with Crippen LogP contribution in [0.3, 0.4) is 0 Å². The number of rotatable bonds is 1. The molecule has 0 spiro atoms. The van der Waals surface area contributed by atoms with E-state index in [9.17, 15) is 4.79 Å². The third-order valence-electron chi connectivity index (χ3n) is 2.42. The number of carboxylic acids is 1. The minimum atomic E-state index is -0.975. The molecule has 0 saturated heterocycles. The highest BCUT2D eigenvalue weighted by atomic mass is 127. The summed E-state index contributed by atoms with van der Waals surface area (Å²) in [5.74, 6) is -0.537. The number of fused-ring (bicyclic) bond motifs is 1. The minimum absolute atomic E-state index is 0.125. The SMILES string of the molecule is N[C@H]1CCOc2c(C(=O)O)ccc(I)c21. The van der Waals surface area contributed by atoms with Crippen LogP contribution in [0.25, 0.3) is 0 Å². The molecule has 1 aliphatic rings. The smallest absolute Gasteiger partial charge is 0.339 e. The lowest BCUT2D eigenvalue weighted by molar-refractivity contribution is 0.0690. The molecule has 1 aromatic carbocycles. The predicted octanol–water partition coefficient (Wildman–Crippen LogP) is 1.77. The Hall–Kier alpha value is -0.820. The molecule has 0 unspecified atom stereocenters. The summed E-state index contributed by atoms with van der Waals surface area (Å²) in [7, 11) is 0. The highest BCUT2D eigenvalue weighted by molar-refractivity contribution is 14.1. The van der Waals surface area contributed by atoms with E-state index in [-0.39, 0.29) is 11.6 Å². The molecule has 4 nitrogen and oxygen atoms in total. The third-order valence-corrected chi connectivity index (χ3v) is 3.36. The average Bonchev–Trinajstić information content (AvgIpc) is 2.17. The Morgan fingerprint density at radius 1 is 1.60 bits per heavy atom. The van der Waals surface area contributed by atoms with Crippen LogP contribution in [0.4, 0.5) is 0 Å². The molecule has 5 heteroatoms. The Morgan fingerprint density at radius 2 is 2.33 bits per heavy atom. The number of halogens is 1. The Kier molecular flexibility index (Phi) is 2.83. The molecule has 0 aromatic heterocycles. The van der Waals surface area contributed by atoms with E-state index in [2.05, 4.69) is 22.6 Å². The molecule has 1 aliphatic heterocycles. The highest BCUT2D eigenvalue weighted by Crippen LogP contribution is 2.37. The van der Waals surface area contributed by atoms with Gasteiger partial charge in [-0.25, -0.2) is 4.79 Å². The van der Waals surface area contributed by atoms with Crippen molar-refractivity contribution in [1.82, 2.24) is 0 Å². The molecule has 0 amide bonds. The first-order chi connectivity index (χ1) is 7.11. The van der Waals surface area contributed by atoms with E-state index in [0.29, 0.717) is 12.4 Å². The highest BCUT2D eigenvalue weighted by Gasteiger charge is 2.25. The van der Waals surface area contributed by atoms with Gasteiger partial charge in [0.05, 0.1) is 6.61 Å². The van der Waals surface area contributed by atoms with Crippen LogP contribution in [0.5, 0.6) is 5.75 Å². The van der Waals surface area contributed by atoms with Crippen molar-refractivity contribution >= 4 is 28.6 Å². The Balaban J connectivity index is 2.63. The molecule has 80 valence electrons. The van der Waals surface area contributed by atoms with Crippen molar-refractivity contribution in [2.75, 3.05) is 6.61 Å². The first kappa shape index (κ1) is 10.7. The van der Waals surface area contributed by atoms with E-state index in [1.165, 1.54) is 0 Å². The van der Waals surface area contributed by atoms with Crippen molar-refractivity contribution in [3.8, 4) is 5.75 Å². The van der Waals surface area contributed by atoms with E-state index in [1.807, 2.05) is 0 Å².